The highest BCUT2D eigenvalue weighted by molar-refractivity contribution is 7.92. The average Bonchev–Trinajstić information content (AvgIpc) is 3.23. The van der Waals surface area contributed by atoms with E-state index < -0.39 is 21.5 Å². The smallest absolute Gasteiger partial charge is 0.244 e. The monoisotopic (exact) mass is 467 g/mol. The zero-order valence-corrected chi connectivity index (χ0v) is 19.2. The summed E-state index contributed by atoms with van der Waals surface area (Å²) >= 11 is 1.35. The highest BCUT2D eigenvalue weighted by Crippen LogP contribution is 2.31. The van der Waals surface area contributed by atoms with Crippen LogP contribution in [0.4, 0.5) is 5.13 Å². The molecule has 0 spiro atoms. The summed E-state index contributed by atoms with van der Waals surface area (Å²) in [6.45, 7) is 2.07. The molecule has 0 aliphatic carbocycles. The van der Waals surface area contributed by atoms with Crippen molar-refractivity contribution in [1.82, 2.24) is 9.97 Å². The molecule has 0 radical (unpaired) electrons. The molecule has 0 unspecified atom stereocenters. The van der Waals surface area contributed by atoms with Crippen LogP contribution < -0.4 is 9.64 Å². The van der Waals surface area contributed by atoms with E-state index in [1.54, 1.807) is 30.5 Å². The summed E-state index contributed by atoms with van der Waals surface area (Å²) in [4.78, 5) is 23.7. The fourth-order valence-corrected chi connectivity index (χ4v) is 5.47. The largest absolute Gasteiger partial charge is 0.497 e. The first kappa shape index (κ1) is 21.9. The summed E-state index contributed by atoms with van der Waals surface area (Å²) in [5.74, 6) is -0.707. The molecular weight excluding hydrogens is 446 g/mol. The van der Waals surface area contributed by atoms with Gasteiger partial charge in [0.25, 0.3) is 0 Å². The van der Waals surface area contributed by atoms with Crippen molar-refractivity contribution in [3.8, 4) is 5.75 Å². The number of ether oxygens (including phenoxy) is 1. The number of amides is 1. The van der Waals surface area contributed by atoms with E-state index in [4.69, 9.17) is 4.74 Å². The lowest BCUT2D eigenvalue weighted by Crippen LogP contribution is -2.35. The Morgan fingerprint density at radius 2 is 1.84 bits per heavy atom. The van der Waals surface area contributed by atoms with Crippen LogP contribution in [0.2, 0.25) is 0 Å². The van der Waals surface area contributed by atoms with Gasteiger partial charge in [-0.05, 0) is 55.0 Å². The number of fused-ring (bicyclic) bond motifs is 1. The van der Waals surface area contributed by atoms with Crippen molar-refractivity contribution in [2.24, 2.45) is 0 Å². The van der Waals surface area contributed by atoms with Gasteiger partial charge in [-0.25, -0.2) is 13.4 Å². The molecule has 2 aromatic carbocycles. The molecule has 164 valence electrons. The summed E-state index contributed by atoms with van der Waals surface area (Å²) in [5, 5.41) is 0.440. The number of carbonyl (C=O) groups is 1. The van der Waals surface area contributed by atoms with Gasteiger partial charge < -0.3 is 4.74 Å². The van der Waals surface area contributed by atoms with Crippen LogP contribution in [0.1, 0.15) is 11.3 Å². The van der Waals surface area contributed by atoms with Crippen molar-refractivity contribution in [3.05, 3.63) is 78.1 Å². The molecule has 4 aromatic rings. The van der Waals surface area contributed by atoms with Crippen LogP contribution in [0.15, 0.2) is 71.8 Å². The second kappa shape index (κ2) is 9.05. The zero-order valence-electron chi connectivity index (χ0n) is 17.6. The van der Waals surface area contributed by atoms with Crippen LogP contribution in [0.5, 0.6) is 5.75 Å². The Hall–Kier alpha value is -3.30. The molecule has 0 fully saturated rings. The van der Waals surface area contributed by atoms with E-state index in [0.29, 0.717) is 16.6 Å². The molecule has 7 nitrogen and oxygen atoms in total. The van der Waals surface area contributed by atoms with Gasteiger partial charge in [-0.1, -0.05) is 29.5 Å². The van der Waals surface area contributed by atoms with Crippen LogP contribution in [-0.4, -0.2) is 37.2 Å². The number of para-hydroxylation sites is 1. The molecule has 0 atom stereocenters. The second-order valence-electron chi connectivity index (χ2n) is 7.15. The third-order valence-electron chi connectivity index (χ3n) is 4.92. The van der Waals surface area contributed by atoms with E-state index in [0.717, 1.165) is 15.8 Å². The normalized spacial score (nSPS) is 11.4. The number of aromatic nitrogens is 2. The molecule has 0 saturated carbocycles. The van der Waals surface area contributed by atoms with Gasteiger partial charge in [0.1, 0.15) is 11.5 Å². The number of sulfone groups is 1. The fraction of sp³-hybridized carbons (Fsp3) is 0.174. The minimum atomic E-state index is -3.86. The van der Waals surface area contributed by atoms with Gasteiger partial charge in [0.2, 0.25) is 5.91 Å². The van der Waals surface area contributed by atoms with Crippen LogP contribution in [0, 0.1) is 6.92 Å². The minimum absolute atomic E-state index is 0.0598. The Morgan fingerprint density at radius 1 is 1.06 bits per heavy atom. The van der Waals surface area contributed by atoms with Crippen molar-refractivity contribution in [2.45, 2.75) is 18.4 Å². The number of anilines is 1. The SMILES string of the molecule is COc1ccc(S(=O)(=O)CC(=O)N(Cc2ccccn2)c2nc3c(C)cccc3s2)cc1. The molecule has 9 heteroatoms. The van der Waals surface area contributed by atoms with E-state index in [9.17, 15) is 13.2 Å². The highest BCUT2D eigenvalue weighted by Gasteiger charge is 2.27. The van der Waals surface area contributed by atoms with Crippen LogP contribution in [0.3, 0.4) is 0 Å². The maximum absolute atomic E-state index is 13.3. The Labute approximate surface area is 190 Å². The lowest BCUT2D eigenvalue weighted by molar-refractivity contribution is -0.116. The predicted molar refractivity (Wildman–Crippen MR) is 125 cm³/mol. The lowest BCUT2D eigenvalue weighted by Gasteiger charge is -2.19. The summed E-state index contributed by atoms with van der Waals surface area (Å²) in [6, 6.07) is 17.2. The molecule has 2 heterocycles. The number of pyridine rings is 1. The molecule has 0 aliphatic rings. The Bertz CT molecular complexity index is 1350. The number of aryl methyl sites for hydroxylation is 1. The summed E-state index contributed by atoms with van der Waals surface area (Å²) in [7, 11) is -2.36. The van der Waals surface area contributed by atoms with Crippen LogP contribution >= 0.6 is 11.3 Å². The van der Waals surface area contributed by atoms with Crippen molar-refractivity contribution in [1.29, 1.82) is 0 Å². The van der Waals surface area contributed by atoms with Gasteiger partial charge in [-0.3, -0.25) is 14.7 Å². The van der Waals surface area contributed by atoms with Crippen LogP contribution in [-0.2, 0) is 21.2 Å². The van der Waals surface area contributed by atoms with Gasteiger partial charge in [-0.15, -0.1) is 0 Å². The molecule has 2 aromatic heterocycles. The van der Waals surface area contributed by atoms with Gasteiger partial charge in [0, 0.05) is 6.20 Å². The van der Waals surface area contributed by atoms with Crippen LogP contribution in [0.25, 0.3) is 10.2 Å². The van der Waals surface area contributed by atoms with Gasteiger partial charge in [0.15, 0.2) is 15.0 Å². The van der Waals surface area contributed by atoms with E-state index in [1.165, 1.54) is 35.5 Å². The maximum Gasteiger partial charge on any atom is 0.244 e. The molecule has 0 bridgehead atoms. The number of hydrogen-bond donors (Lipinski definition) is 0. The number of methoxy groups -OCH3 is 1. The first-order chi connectivity index (χ1) is 15.4. The van der Waals surface area contributed by atoms with Gasteiger partial charge >= 0.3 is 0 Å². The van der Waals surface area contributed by atoms with E-state index >= 15 is 0 Å². The number of nitrogens with zero attached hydrogens (tertiary/aromatic N) is 3. The summed E-state index contributed by atoms with van der Waals surface area (Å²) in [6.07, 6.45) is 1.63. The van der Waals surface area contributed by atoms with Crippen molar-refractivity contribution in [2.75, 3.05) is 17.8 Å². The highest BCUT2D eigenvalue weighted by atomic mass is 32.2. The fourth-order valence-electron chi connectivity index (χ4n) is 3.21. The second-order valence-corrected chi connectivity index (χ2v) is 10.2. The predicted octanol–water partition coefficient (Wildman–Crippen LogP) is 4.02. The zero-order chi connectivity index (χ0) is 22.7. The van der Waals surface area contributed by atoms with E-state index in [2.05, 4.69) is 9.97 Å². The Morgan fingerprint density at radius 3 is 2.50 bits per heavy atom. The maximum atomic E-state index is 13.3. The summed E-state index contributed by atoms with van der Waals surface area (Å²) in [5.41, 5.74) is 2.42. The lowest BCUT2D eigenvalue weighted by atomic mass is 10.2. The molecule has 1 amide bonds. The summed E-state index contributed by atoms with van der Waals surface area (Å²) < 4.78 is 31.9. The number of hydrogen-bond acceptors (Lipinski definition) is 7. The van der Waals surface area contributed by atoms with Crippen molar-refractivity contribution < 1.29 is 17.9 Å². The molecule has 4 rings (SSSR count). The van der Waals surface area contributed by atoms with E-state index in [1.807, 2.05) is 31.2 Å². The number of carbonyl (C=O) groups excluding carboxylic acids is 1. The molecule has 32 heavy (non-hydrogen) atoms. The molecular formula is C23H21N3O4S2. The number of rotatable bonds is 7. The standard InChI is InChI=1S/C23H21N3O4S2/c1-16-6-5-8-20-22(16)25-23(31-20)26(14-17-7-3-4-13-24-17)21(27)15-32(28,29)19-11-9-18(30-2)10-12-19/h3-13H,14-15H2,1-2H3. The van der Waals surface area contributed by atoms with Crippen molar-refractivity contribution in [3.63, 3.8) is 0 Å². The molecule has 0 aliphatic heterocycles. The molecule has 0 saturated heterocycles. The third-order valence-corrected chi connectivity index (χ3v) is 7.58. The quantitative estimate of drug-likeness (QED) is 0.408. The minimum Gasteiger partial charge on any atom is -0.497 e. The van der Waals surface area contributed by atoms with E-state index in [-0.39, 0.29) is 11.4 Å². The Balaban J connectivity index is 1.68. The topological polar surface area (TPSA) is 89.5 Å². The third kappa shape index (κ3) is 4.63. The first-order valence-electron chi connectivity index (χ1n) is 9.80. The Kier molecular flexibility index (Phi) is 6.20. The number of benzene rings is 2. The average molecular weight is 468 g/mol. The van der Waals surface area contributed by atoms with Gasteiger partial charge in [0.05, 0.1) is 34.5 Å². The first-order valence-corrected chi connectivity index (χ1v) is 12.3. The van der Waals surface area contributed by atoms with Gasteiger partial charge in [-0.2, -0.15) is 0 Å². The number of thiazole rings is 1. The van der Waals surface area contributed by atoms with Crippen molar-refractivity contribution >= 4 is 42.4 Å². The molecule has 0 N–H and O–H groups in total.